The molecule has 1 aliphatic carbocycles. The molecule has 0 bridgehead atoms. The first-order chi connectivity index (χ1) is 15.5. The smallest absolute Gasteiger partial charge is 0.278 e. The topological polar surface area (TPSA) is 91.9 Å². The highest BCUT2D eigenvalue weighted by molar-refractivity contribution is 7.71. The van der Waals surface area contributed by atoms with Gasteiger partial charge in [0.2, 0.25) is 5.91 Å². The van der Waals surface area contributed by atoms with Crippen molar-refractivity contribution < 1.29 is 9.53 Å². The molecule has 0 aliphatic heterocycles. The Kier molecular flexibility index (Phi) is 6.98. The number of aromatic nitrogens is 3. The SMILES string of the molecule is COc1ccc2[nH]c3c(=O)n(CCCCCC(=O)NC4CCC(C)CC4)c(=S)[nH]c3c2c1. The normalized spacial score (nSPS) is 18.8. The van der Waals surface area contributed by atoms with Crippen molar-refractivity contribution in [2.24, 2.45) is 5.92 Å². The lowest BCUT2D eigenvalue weighted by Gasteiger charge is -2.26. The van der Waals surface area contributed by atoms with E-state index in [1.54, 1.807) is 11.7 Å². The van der Waals surface area contributed by atoms with Crippen LogP contribution in [0.15, 0.2) is 23.0 Å². The first-order valence-corrected chi connectivity index (χ1v) is 12.0. The molecule has 4 rings (SSSR count). The number of ether oxygens (including phenoxy) is 1. The number of rotatable bonds is 8. The van der Waals surface area contributed by atoms with Crippen LogP contribution in [0.5, 0.6) is 5.75 Å². The van der Waals surface area contributed by atoms with Gasteiger partial charge in [0, 0.05) is 29.9 Å². The zero-order chi connectivity index (χ0) is 22.7. The summed E-state index contributed by atoms with van der Waals surface area (Å²) in [4.78, 5) is 31.7. The van der Waals surface area contributed by atoms with Gasteiger partial charge >= 0.3 is 0 Å². The largest absolute Gasteiger partial charge is 0.497 e. The van der Waals surface area contributed by atoms with Crippen molar-refractivity contribution in [1.82, 2.24) is 19.9 Å². The third-order valence-electron chi connectivity index (χ3n) is 6.61. The summed E-state index contributed by atoms with van der Waals surface area (Å²) in [7, 11) is 1.62. The number of amides is 1. The molecule has 1 fully saturated rings. The van der Waals surface area contributed by atoms with Crippen molar-refractivity contribution in [1.29, 1.82) is 0 Å². The summed E-state index contributed by atoms with van der Waals surface area (Å²) in [6, 6.07) is 5.99. The molecule has 1 aromatic carbocycles. The van der Waals surface area contributed by atoms with Crippen molar-refractivity contribution >= 4 is 40.1 Å². The fourth-order valence-electron chi connectivity index (χ4n) is 4.63. The minimum absolute atomic E-state index is 0.122. The Labute approximate surface area is 192 Å². The van der Waals surface area contributed by atoms with Gasteiger partial charge in [-0.1, -0.05) is 13.3 Å². The van der Waals surface area contributed by atoms with E-state index in [4.69, 9.17) is 17.0 Å². The summed E-state index contributed by atoms with van der Waals surface area (Å²) in [5.74, 6) is 1.66. The summed E-state index contributed by atoms with van der Waals surface area (Å²) in [5.41, 5.74) is 1.96. The number of nitrogens with one attached hydrogen (secondary N) is 3. The van der Waals surface area contributed by atoms with Crippen LogP contribution in [0.4, 0.5) is 0 Å². The molecule has 0 radical (unpaired) electrons. The van der Waals surface area contributed by atoms with E-state index in [1.807, 2.05) is 18.2 Å². The zero-order valence-electron chi connectivity index (χ0n) is 18.8. The summed E-state index contributed by atoms with van der Waals surface area (Å²) >= 11 is 5.47. The van der Waals surface area contributed by atoms with Crippen LogP contribution in [0.1, 0.15) is 58.3 Å². The van der Waals surface area contributed by atoms with Gasteiger partial charge in [0.25, 0.3) is 5.56 Å². The number of carbonyl (C=O) groups is 1. The monoisotopic (exact) mass is 456 g/mol. The molecule has 32 heavy (non-hydrogen) atoms. The van der Waals surface area contributed by atoms with Gasteiger partial charge in [0.05, 0.1) is 12.6 Å². The number of hydrogen-bond donors (Lipinski definition) is 3. The lowest BCUT2D eigenvalue weighted by molar-refractivity contribution is -0.122. The highest BCUT2D eigenvalue weighted by atomic mass is 32.1. The van der Waals surface area contributed by atoms with Crippen molar-refractivity contribution in [2.75, 3.05) is 7.11 Å². The van der Waals surface area contributed by atoms with Gasteiger partial charge in [-0.15, -0.1) is 0 Å². The van der Waals surface area contributed by atoms with Crippen molar-refractivity contribution in [3.05, 3.63) is 33.3 Å². The zero-order valence-corrected chi connectivity index (χ0v) is 19.6. The molecule has 172 valence electrons. The number of carbonyl (C=O) groups excluding carboxylic acids is 1. The van der Waals surface area contributed by atoms with Crippen LogP contribution < -0.4 is 15.6 Å². The van der Waals surface area contributed by atoms with Crippen LogP contribution in [0.3, 0.4) is 0 Å². The van der Waals surface area contributed by atoms with Gasteiger partial charge < -0.3 is 20.0 Å². The van der Waals surface area contributed by atoms with Crippen LogP contribution in [-0.4, -0.2) is 33.6 Å². The van der Waals surface area contributed by atoms with Crippen LogP contribution in [0, 0.1) is 10.7 Å². The molecule has 0 saturated heterocycles. The number of nitrogens with zero attached hydrogens (tertiary/aromatic N) is 1. The fourth-order valence-corrected chi connectivity index (χ4v) is 4.91. The lowest BCUT2D eigenvalue weighted by Crippen LogP contribution is -2.37. The Balaban J connectivity index is 1.33. The predicted octanol–water partition coefficient (Wildman–Crippen LogP) is 4.80. The second-order valence-electron chi connectivity index (χ2n) is 9.01. The summed E-state index contributed by atoms with van der Waals surface area (Å²) in [6.45, 7) is 2.81. The molecule has 1 saturated carbocycles. The molecule has 1 aliphatic rings. The Hall–Kier alpha value is -2.61. The molecule has 0 spiro atoms. The molecule has 3 aromatic rings. The van der Waals surface area contributed by atoms with Gasteiger partial charge in [0.15, 0.2) is 4.77 Å². The number of aromatic amines is 2. The first-order valence-electron chi connectivity index (χ1n) is 11.6. The number of fused-ring (bicyclic) bond motifs is 3. The predicted molar refractivity (Wildman–Crippen MR) is 130 cm³/mol. The maximum atomic E-state index is 13.0. The molecule has 3 N–H and O–H groups in total. The molecule has 8 heteroatoms. The highest BCUT2D eigenvalue weighted by Crippen LogP contribution is 2.26. The third kappa shape index (κ3) is 4.90. The summed E-state index contributed by atoms with van der Waals surface area (Å²) < 4.78 is 7.32. The number of hydrogen-bond acceptors (Lipinski definition) is 4. The average molecular weight is 457 g/mol. The van der Waals surface area contributed by atoms with Crippen LogP contribution in [0.2, 0.25) is 0 Å². The van der Waals surface area contributed by atoms with Gasteiger partial charge in [-0.3, -0.25) is 14.2 Å². The minimum Gasteiger partial charge on any atom is -0.497 e. The molecular formula is C24H32N4O3S. The van der Waals surface area contributed by atoms with Gasteiger partial charge in [0.1, 0.15) is 11.3 Å². The highest BCUT2D eigenvalue weighted by Gasteiger charge is 2.19. The van der Waals surface area contributed by atoms with E-state index < -0.39 is 0 Å². The third-order valence-corrected chi connectivity index (χ3v) is 6.93. The second-order valence-corrected chi connectivity index (χ2v) is 9.40. The minimum atomic E-state index is -0.122. The number of methoxy groups -OCH3 is 1. The van der Waals surface area contributed by atoms with Gasteiger partial charge in [-0.25, -0.2) is 0 Å². The number of unbranched alkanes of at least 4 members (excludes halogenated alkanes) is 2. The number of benzene rings is 1. The molecule has 0 atom stereocenters. The molecule has 1 amide bonds. The standard InChI is InChI=1S/C24H32N4O3S/c1-15-7-9-16(10-8-15)25-20(29)6-4-3-5-13-28-23(30)22-21(27-24(28)32)18-14-17(31-2)11-12-19(18)26-22/h11-12,14-16,26H,3-10,13H2,1-2H3,(H,25,29)(H,27,32). The Morgan fingerprint density at radius 1 is 1.16 bits per heavy atom. The molecule has 7 nitrogen and oxygen atoms in total. The maximum absolute atomic E-state index is 13.0. The van der Waals surface area contributed by atoms with Crippen LogP contribution >= 0.6 is 12.2 Å². The Morgan fingerprint density at radius 2 is 1.94 bits per heavy atom. The van der Waals surface area contributed by atoms with Gasteiger partial charge in [-0.05, 0) is 74.9 Å². The van der Waals surface area contributed by atoms with Crippen molar-refractivity contribution in [3.8, 4) is 5.75 Å². The van der Waals surface area contributed by atoms with Crippen molar-refractivity contribution in [2.45, 2.75) is 70.9 Å². The Morgan fingerprint density at radius 3 is 2.69 bits per heavy atom. The van der Waals surface area contributed by atoms with Crippen LogP contribution in [0.25, 0.3) is 21.9 Å². The van der Waals surface area contributed by atoms with Crippen molar-refractivity contribution in [3.63, 3.8) is 0 Å². The van der Waals surface area contributed by atoms with E-state index in [0.717, 1.165) is 54.7 Å². The van der Waals surface area contributed by atoms with E-state index >= 15 is 0 Å². The van der Waals surface area contributed by atoms with E-state index in [1.165, 1.54) is 12.8 Å². The lowest BCUT2D eigenvalue weighted by atomic mass is 9.87. The molecule has 0 unspecified atom stereocenters. The molecule has 2 heterocycles. The average Bonchev–Trinajstić information content (AvgIpc) is 3.15. The van der Waals surface area contributed by atoms with Crippen LogP contribution in [-0.2, 0) is 11.3 Å². The second kappa shape index (κ2) is 9.90. The molecule has 2 aromatic heterocycles. The Bertz CT molecular complexity index is 1220. The first kappa shape index (κ1) is 22.6. The van der Waals surface area contributed by atoms with E-state index in [9.17, 15) is 9.59 Å². The van der Waals surface area contributed by atoms with E-state index in [0.29, 0.717) is 34.8 Å². The maximum Gasteiger partial charge on any atom is 0.278 e. The summed E-state index contributed by atoms with van der Waals surface area (Å²) in [5, 5.41) is 4.06. The van der Waals surface area contributed by atoms with E-state index in [2.05, 4.69) is 22.2 Å². The molecular weight excluding hydrogens is 424 g/mol. The van der Waals surface area contributed by atoms with E-state index in [-0.39, 0.29) is 11.5 Å². The fraction of sp³-hybridized carbons (Fsp3) is 0.542. The summed E-state index contributed by atoms with van der Waals surface area (Å²) in [6.07, 6.45) is 7.62. The van der Waals surface area contributed by atoms with Gasteiger partial charge in [-0.2, -0.15) is 0 Å². The quantitative estimate of drug-likeness (QED) is 0.335. The number of H-pyrrole nitrogens is 2.